The number of ether oxygens (including phenoxy) is 1. The highest BCUT2D eigenvalue weighted by Gasteiger charge is 2.48. The number of hydrogen-bond donors (Lipinski definition) is 1. The Kier molecular flexibility index (Phi) is 5.88. The van der Waals surface area contributed by atoms with Gasteiger partial charge < -0.3 is 9.84 Å². The van der Waals surface area contributed by atoms with Crippen LogP contribution in [-0.4, -0.2) is 27.9 Å². The number of amides is 1. The number of nitrogens with zero attached hydrogens (tertiary/aromatic N) is 2. The van der Waals surface area contributed by atoms with Gasteiger partial charge in [-0.25, -0.2) is 4.98 Å². The molecule has 1 aromatic heterocycles. The van der Waals surface area contributed by atoms with E-state index in [2.05, 4.69) is 20.8 Å². The number of aliphatic hydroxyl groups is 1. The van der Waals surface area contributed by atoms with E-state index in [9.17, 15) is 14.7 Å². The number of anilines is 1. The maximum atomic E-state index is 13.6. The largest absolute Gasteiger partial charge is 0.507 e. The molecule has 1 fully saturated rings. The third kappa shape index (κ3) is 4.31. The molecule has 3 heterocycles. The van der Waals surface area contributed by atoms with E-state index in [4.69, 9.17) is 9.72 Å². The van der Waals surface area contributed by atoms with Gasteiger partial charge >= 0.3 is 5.91 Å². The van der Waals surface area contributed by atoms with Crippen LogP contribution in [0.4, 0.5) is 5.13 Å². The van der Waals surface area contributed by atoms with E-state index in [0.29, 0.717) is 17.1 Å². The van der Waals surface area contributed by atoms with Crippen molar-refractivity contribution in [2.45, 2.75) is 58.6 Å². The zero-order valence-corrected chi connectivity index (χ0v) is 23.4. The molecule has 0 saturated carbocycles. The molecule has 0 spiro atoms. The molecule has 2 atom stereocenters. The molecule has 1 amide bonds. The number of thiazole rings is 1. The number of ketones is 1. The van der Waals surface area contributed by atoms with Crippen molar-refractivity contribution in [3.8, 4) is 5.75 Å². The van der Waals surface area contributed by atoms with Gasteiger partial charge in [-0.05, 0) is 71.8 Å². The Morgan fingerprint density at radius 1 is 1.05 bits per heavy atom. The van der Waals surface area contributed by atoms with Crippen molar-refractivity contribution in [1.82, 2.24) is 4.98 Å². The molecule has 7 heteroatoms. The molecule has 1 saturated heterocycles. The molecule has 0 unspecified atom stereocenters. The molecule has 6 nitrogen and oxygen atoms in total. The minimum atomic E-state index is -0.816. The Morgan fingerprint density at radius 2 is 1.79 bits per heavy atom. The van der Waals surface area contributed by atoms with Crippen LogP contribution in [0.25, 0.3) is 16.0 Å². The van der Waals surface area contributed by atoms with E-state index in [1.165, 1.54) is 16.2 Å². The number of aliphatic hydroxyl groups excluding tert-OH is 1. The number of hydrogen-bond acceptors (Lipinski definition) is 6. The fraction of sp³-hybridized carbons (Fsp3) is 0.281. The number of carbonyl (C=O) groups excluding carboxylic acids is 2. The number of benzene rings is 3. The van der Waals surface area contributed by atoms with Crippen LogP contribution in [0, 0.1) is 6.92 Å². The highest BCUT2D eigenvalue weighted by atomic mass is 32.1. The molecule has 2 aliphatic heterocycles. The van der Waals surface area contributed by atoms with Gasteiger partial charge in [0.05, 0.1) is 21.8 Å². The van der Waals surface area contributed by atoms with E-state index >= 15 is 0 Å². The third-order valence-electron chi connectivity index (χ3n) is 7.45. The summed E-state index contributed by atoms with van der Waals surface area (Å²) in [6.45, 7) is 10.4. The van der Waals surface area contributed by atoms with Crippen molar-refractivity contribution >= 4 is 44.1 Å². The third-order valence-corrected chi connectivity index (χ3v) is 8.46. The number of carbonyl (C=O) groups is 2. The fourth-order valence-electron chi connectivity index (χ4n) is 5.36. The Hall–Kier alpha value is -3.97. The zero-order chi connectivity index (χ0) is 27.6. The second kappa shape index (κ2) is 9.06. The summed E-state index contributed by atoms with van der Waals surface area (Å²) in [5.74, 6) is -0.841. The van der Waals surface area contributed by atoms with Gasteiger partial charge in [0.15, 0.2) is 5.13 Å². The van der Waals surface area contributed by atoms with Crippen LogP contribution in [0.3, 0.4) is 0 Å². The van der Waals surface area contributed by atoms with Gasteiger partial charge in [0.2, 0.25) is 0 Å². The average Bonchev–Trinajstić information content (AvgIpc) is 3.55. The number of aryl methyl sites for hydroxylation is 1. The van der Waals surface area contributed by atoms with E-state index in [1.807, 2.05) is 68.4 Å². The summed E-state index contributed by atoms with van der Waals surface area (Å²) in [5.41, 5.74) is 5.17. The molecule has 0 aliphatic carbocycles. The highest BCUT2D eigenvalue weighted by Crippen LogP contribution is 2.45. The number of aromatic nitrogens is 1. The summed E-state index contributed by atoms with van der Waals surface area (Å²) in [7, 11) is 0. The zero-order valence-electron chi connectivity index (χ0n) is 22.6. The van der Waals surface area contributed by atoms with Crippen LogP contribution >= 0.6 is 11.3 Å². The maximum Gasteiger partial charge on any atom is 0.301 e. The first-order valence-corrected chi connectivity index (χ1v) is 13.9. The monoisotopic (exact) mass is 538 g/mol. The quantitative estimate of drug-likeness (QED) is 0.175. The lowest BCUT2D eigenvalue weighted by Crippen LogP contribution is -2.29. The van der Waals surface area contributed by atoms with Gasteiger partial charge in [0, 0.05) is 12.0 Å². The van der Waals surface area contributed by atoms with Crippen molar-refractivity contribution in [1.29, 1.82) is 0 Å². The van der Waals surface area contributed by atoms with Gasteiger partial charge in [0.25, 0.3) is 5.78 Å². The minimum absolute atomic E-state index is 0.0481. The molecule has 1 N–H and O–H groups in total. The molecule has 0 bridgehead atoms. The van der Waals surface area contributed by atoms with Gasteiger partial charge in [-0.1, -0.05) is 62.4 Å². The van der Waals surface area contributed by atoms with Gasteiger partial charge in [-0.2, -0.15) is 0 Å². The predicted octanol–water partition coefficient (Wildman–Crippen LogP) is 6.85. The summed E-state index contributed by atoms with van der Waals surface area (Å²) >= 11 is 1.37. The molecule has 39 heavy (non-hydrogen) atoms. The highest BCUT2D eigenvalue weighted by molar-refractivity contribution is 7.22. The Labute approximate surface area is 231 Å². The summed E-state index contributed by atoms with van der Waals surface area (Å²) in [5, 5.41) is 12.0. The van der Waals surface area contributed by atoms with E-state index in [0.717, 1.165) is 38.2 Å². The number of rotatable bonds is 3. The Bertz CT molecular complexity index is 1680. The van der Waals surface area contributed by atoms with Crippen molar-refractivity contribution in [3.63, 3.8) is 0 Å². The lowest BCUT2D eigenvalue weighted by Gasteiger charge is -2.24. The van der Waals surface area contributed by atoms with E-state index in [-0.39, 0.29) is 22.9 Å². The maximum absolute atomic E-state index is 13.6. The van der Waals surface area contributed by atoms with Crippen molar-refractivity contribution in [3.05, 3.63) is 94.1 Å². The summed E-state index contributed by atoms with van der Waals surface area (Å²) < 4.78 is 6.74. The number of fused-ring (bicyclic) bond motifs is 2. The topological polar surface area (TPSA) is 79.7 Å². The average molecular weight is 539 g/mol. The van der Waals surface area contributed by atoms with Crippen molar-refractivity contribution in [2.24, 2.45) is 0 Å². The van der Waals surface area contributed by atoms with Crippen LogP contribution in [0.5, 0.6) is 5.75 Å². The normalized spacial score (nSPS) is 20.5. The molecule has 4 aromatic rings. The minimum Gasteiger partial charge on any atom is -0.507 e. The standard InChI is InChI=1S/C32H30N2O4S/c1-17-6-12-23-25(14-17)39-31(33-23)34-27(19-7-10-22(11-8-19)32(3,4)5)26(29(36)30(34)37)28(35)20-9-13-24-21(16-20)15-18(2)38-24/h6-14,16,18,27,35H,15H2,1-5H3/t18-,27+/m0/s1. The molecular weight excluding hydrogens is 508 g/mol. The van der Waals surface area contributed by atoms with Crippen molar-refractivity contribution < 1.29 is 19.4 Å². The van der Waals surface area contributed by atoms with Crippen LogP contribution in [0.1, 0.15) is 61.6 Å². The molecule has 0 radical (unpaired) electrons. The number of Topliss-reactive ketones (excluding diaryl/α,β-unsaturated/α-hetero) is 1. The van der Waals surface area contributed by atoms with Gasteiger partial charge in [0.1, 0.15) is 17.6 Å². The summed E-state index contributed by atoms with van der Waals surface area (Å²) in [4.78, 5) is 33.4. The molecular formula is C32H30N2O4S. The Balaban J connectivity index is 1.53. The van der Waals surface area contributed by atoms with Crippen LogP contribution in [-0.2, 0) is 21.4 Å². The molecule has 198 valence electrons. The van der Waals surface area contributed by atoms with Crippen molar-refractivity contribution in [2.75, 3.05) is 4.90 Å². The predicted molar refractivity (Wildman–Crippen MR) is 155 cm³/mol. The van der Waals surface area contributed by atoms with Crippen LogP contribution < -0.4 is 9.64 Å². The lowest BCUT2D eigenvalue weighted by molar-refractivity contribution is -0.132. The summed E-state index contributed by atoms with van der Waals surface area (Å²) in [6.07, 6.45) is 0.764. The molecule has 6 rings (SSSR count). The first-order chi connectivity index (χ1) is 18.5. The second-order valence-electron chi connectivity index (χ2n) is 11.5. The summed E-state index contributed by atoms with van der Waals surface area (Å²) in [6, 6.07) is 18.4. The molecule has 2 aliphatic rings. The fourth-order valence-corrected chi connectivity index (χ4v) is 6.45. The second-order valence-corrected chi connectivity index (χ2v) is 12.5. The first-order valence-electron chi connectivity index (χ1n) is 13.1. The SMILES string of the molecule is Cc1ccc2nc(N3C(=O)C(=O)C(=C(O)c4ccc5c(c4)C[C@H](C)O5)[C@H]3c3ccc(C(C)(C)C)cc3)sc2c1. The van der Waals surface area contributed by atoms with Gasteiger partial charge in [-0.15, -0.1) is 0 Å². The van der Waals surface area contributed by atoms with E-state index in [1.54, 1.807) is 6.07 Å². The first kappa shape index (κ1) is 25.3. The van der Waals surface area contributed by atoms with E-state index < -0.39 is 17.7 Å². The molecule has 3 aromatic carbocycles. The van der Waals surface area contributed by atoms with Crippen LogP contribution in [0.15, 0.2) is 66.2 Å². The van der Waals surface area contributed by atoms with Gasteiger partial charge in [-0.3, -0.25) is 14.5 Å². The Morgan fingerprint density at radius 3 is 2.51 bits per heavy atom. The van der Waals surface area contributed by atoms with Crippen LogP contribution in [0.2, 0.25) is 0 Å². The smallest absolute Gasteiger partial charge is 0.301 e. The lowest BCUT2D eigenvalue weighted by atomic mass is 9.85.